The van der Waals surface area contributed by atoms with Crippen molar-refractivity contribution in [1.82, 2.24) is 0 Å². The molecule has 130 valence electrons. The Hall–Kier alpha value is -1.23. The topological polar surface area (TPSA) is 77.8 Å². The Kier molecular flexibility index (Phi) is 9.07. The summed E-state index contributed by atoms with van der Waals surface area (Å²) in [5.41, 5.74) is 0.0479. The maximum Gasteiger partial charge on any atom is 0.202 e. The lowest BCUT2D eigenvalue weighted by Crippen LogP contribution is -2.00. The molecule has 0 aliphatic heterocycles. The second-order valence-electron chi connectivity index (χ2n) is 5.95. The van der Waals surface area contributed by atoms with E-state index < -0.39 is 17.2 Å². The summed E-state index contributed by atoms with van der Waals surface area (Å²) in [5, 5.41) is 28.8. The molecule has 0 spiro atoms. The molecule has 0 heterocycles. The van der Waals surface area contributed by atoms with Gasteiger partial charge in [-0.3, -0.25) is 4.79 Å². The number of unbranched alkanes of at least 4 members (excludes halogenated alkanes) is 8. The third kappa shape index (κ3) is 6.42. The zero-order chi connectivity index (χ0) is 17.2. The van der Waals surface area contributed by atoms with Crippen molar-refractivity contribution >= 4 is 21.7 Å². The van der Waals surface area contributed by atoms with Gasteiger partial charge in [-0.2, -0.15) is 0 Å². The van der Waals surface area contributed by atoms with E-state index >= 15 is 0 Å². The number of benzene rings is 1. The number of ketones is 1. The Morgan fingerprint density at radius 3 is 1.96 bits per heavy atom. The average Bonchev–Trinajstić information content (AvgIpc) is 2.54. The fraction of sp³-hybridized carbons (Fsp3) is 0.611. The highest BCUT2D eigenvalue weighted by Gasteiger charge is 2.19. The molecule has 0 bridgehead atoms. The van der Waals surface area contributed by atoms with E-state index in [4.69, 9.17) is 0 Å². The van der Waals surface area contributed by atoms with Crippen molar-refractivity contribution in [1.29, 1.82) is 0 Å². The van der Waals surface area contributed by atoms with E-state index in [0.29, 0.717) is 6.42 Å². The van der Waals surface area contributed by atoms with E-state index in [1.54, 1.807) is 0 Å². The molecule has 4 nitrogen and oxygen atoms in total. The summed E-state index contributed by atoms with van der Waals surface area (Å²) < 4.78 is 0.197. The first-order valence-corrected chi connectivity index (χ1v) is 9.24. The van der Waals surface area contributed by atoms with Gasteiger partial charge in [0.05, 0.1) is 10.0 Å². The van der Waals surface area contributed by atoms with Gasteiger partial charge in [-0.1, -0.05) is 58.3 Å². The van der Waals surface area contributed by atoms with Gasteiger partial charge in [0.25, 0.3) is 0 Å². The summed E-state index contributed by atoms with van der Waals surface area (Å²) >= 11 is 3.05. The van der Waals surface area contributed by atoms with Crippen molar-refractivity contribution in [2.75, 3.05) is 0 Å². The van der Waals surface area contributed by atoms with Gasteiger partial charge in [-0.15, -0.1) is 0 Å². The third-order valence-electron chi connectivity index (χ3n) is 4.01. The van der Waals surface area contributed by atoms with Crippen LogP contribution in [-0.2, 0) is 0 Å². The van der Waals surface area contributed by atoms with Crippen LogP contribution in [0.4, 0.5) is 0 Å². The normalized spacial score (nSPS) is 10.9. The number of phenols is 3. The summed E-state index contributed by atoms with van der Waals surface area (Å²) in [6.45, 7) is 2.21. The van der Waals surface area contributed by atoms with Gasteiger partial charge < -0.3 is 15.3 Å². The zero-order valence-corrected chi connectivity index (χ0v) is 15.4. The Labute approximate surface area is 146 Å². The quantitative estimate of drug-likeness (QED) is 0.260. The Balaban J connectivity index is 2.30. The minimum atomic E-state index is -0.658. The van der Waals surface area contributed by atoms with Crippen LogP contribution in [0, 0.1) is 0 Å². The van der Waals surface area contributed by atoms with Crippen LogP contribution in [0.15, 0.2) is 10.5 Å². The maximum absolute atomic E-state index is 12.1. The van der Waals surface area contributed by atoms with E-state index in [1.807, 2.05) is 0 Å². The van der Waals surface area contributed by atoms with Crippen molar-refractivity contribution in [3.8, 4) is 17.2 Å². The zero-order valence-electron chi connectivity index (χ0n) is 13.8. The molecule has 23 heavy (non-hydrogen) atoms. The first kappa shape index (κ1) is 19.8. The average molecular weight is 387 g/mol. The Bertz CT molecular complexity index is 514. The largest absolute Gasteiger partial charge is 0.504 e. The molecule has 0 fully saturated rings. The highest BCUT2D eigenvalue weighted by Crippen LogP contribution is 2.43. The molecule has 1 aromatic carbocycles. The summed E-state index contributed by atoms with van der Waals surface area (Å²) in [6, 6.07) is 1.35. The maximum atomic E-state index is 12.1. The van der Waals surface area contributed by atoms with Crippen molar-refractivity contribution in [2.45, 2.75) is 71.1 Å². The smallest absolute Gasteiger partial charge is 0.202 e. The molecule has 0 aliphatic carbocycles. The molecule has 1 rings (SSSR count). The highest BCUT2D eigenvalue weighted by molar-refractivity contribution is 9.10. The van der Waals surface area contributed by atoms with E-state index in [1.165, 1.54) is 44.6 Å². The van der Waals surface area contributed by atoms with Crippen LogP contribution >= 0.6 is 15.9 Å². The van der Waals surface area contributed by atoms with E-state index in [2.05, 4.69) is 22.9 Å². The van der Waals surface area contributed by atoms with Crippen LogP contribution in [0.1, 0.15) is 81.5 Å². The number of halogens is 1. The lowest BCUT2D eigenvalue weighted by molar-refractivity contribution is 0.0975. The van der Waals surface area contributed by atoms with Gasteiger partial charge in [-0.05, 0) is 28.4 Å². The second kappa shape index (κ2) is 10.5. The summed E-state index contributed by atoms with van der Waals surface area (Å²) in [7, 11) is 0. The van der Waals surface area contributed by atoms with Crippen molar-refractivity contribution < 1.29 is 20.1 Å². The van der Waals surface area contributed by atoms with E-state index in [0.717, 1.165) is 19.3 Å². The molecule has 0 radical (unpaired) electrons. The standard InChI is InChI=1S/C18H27BrO4/c1-2-3-4-5-6-7-8-9-10-11-15(20)13-12-14(19)17(22)18(23)16(13)21/h12,21-23H,2-11H2,1H3. The van der Waals surface area contributed by atoms with Crippen LogP contribution in [0.3, 0.4) is 0 Å². The fourth-order valence-corrected chi connectivity index (χ4v) is 2.98. The van der Waals surface area contributed by atoms with Gasteiger partial charge in [0.2, 0.25) is 5.75 Å². The van der Waals surface area contributed by atoms with E-state index in [-0.39, 0.29) is 15.8 Å². The SMILES string of the molecule is CCCCCCCCCCCC(=O)c1cc(Br)c(O)c(O)c1O. The van der Waals surface area contributed by atoms with Gasteiger partial charge in [0, 0.05) is 6.42 Å². The lowest BCUT2D eigenvalue weighted by atomic mass is 10.0. The number of hydrogen-bond acceptors (Lipinski definition) is 4. The number of aromatic hydroxyl groups is 3. The van der Waals surface area contributed by atoms with Gasteiger partial charge in [0.1, 0.15) is 0 Å². The van der Waals surface area contributed by atoms with Gasteiger partial charge in [0.15, 0.2) is 17.3 Å². The number of phenolic OH excluding ortho intramolecular Hbond substituents is 3. The van der Waals surface area contributed by atoms with Crippen molar-refractivity contribution in [3.05, 3.63) is 16.1 Å². The number of Topliss-reactive ketones (excluding diaryl/α,β-unsaturated/α-hetero) is 1. The molecular formula is C18H27BrO4. The minimum Gasteiger partial charge on any atom is -0.504 e. The third-order valence-corrected chi connectivity index (χ3v) is 4.61. The number of carbonyl (C=O) groups is 1. The van der Waals surface area contributed by atoms with Crippen LogP contribution in [-0.4, -0.2) is 21.1 Å². The summed E-state index contributed by atoms with van der Waals surface area (Å²) in [6.07, 6.45) is 10.9. The highest BCUT2D eigenvalue weighted by atomic mass is 79.9. The number of carbonyl (C=O) groups excluding carboxylic acids is 1. The molecule has 0 unspecified atom stereocenters. The molecule has 0 amide bonds. The molecule has 5 heteroatoms. The monoisotopic (exact) mass is 386 g/mol. The summed E-state index contributed by atoms with van der Waals surface area (Å²) in [5.74, 6) is -1.88. The molecule has 0 aromatic heterocycles. The van der Waals surface area contributed by atoms with Crippen LogP contribution in [0.25, 0.3) is 0 Å². The molecule has 0 saturated carbocycles. The van der Waals surface area contributed by atoms with Crippen LogP contribution < -0.4 is 0 Å². The van der Waals surface area contributed by atoms with Gasteiger partial charge >= 0.3 is 0 Å². The summed E-state index contributed by atoms with van der Waals surface area (Å²) in [4.78, 5) is 12.1. The Morgan fingerprint density at radius 2 is 1.39 bits per heavy atom. The minimum absolute atomic E-state index is 0.0479. The Morgan fingerprint density at radius 1 is 0.870 bits per heavy atom. The molecule has 3 N–H and O–H groups in total. The van der Waals surface area contributed by atoms with Gasteiger partial charge in [-0.25, -0.2) is 0 Å². The predicted octanol–water partition coefficient (Wildman–Crippen LogP) is 5.67. The first-order chi connectivity index (χ1) is 11.0. The molecule has 0 saturated heterocycles. The van der Waals surface area contributed by atoms with Crippen LogP contribution in [0.2, 0.25) is 0 Å². The predicted molar refractivity (Wildman–Crippen MR) is 95.3 cm³/mol. The molecule has 0 aliphatic rings. The fourth-order valence-electron chi connectivity index (χ4n) is 2.56. The first-order valence-electron chi connectivity index (χ1n) is 8.45. The molecule has 0 atom stereocenters. The van der Waals surface area contributed by atoms with Crippen molar-refractivity contribution in [3.63, 3.8) is 0 Å². The lowest BCUT2D eigenvalue weighted by Gasteiger charge is -2.09. The second-order valence-corrected chi connectivity index (χ2v) is 6.81. The molecule has 1 aromatic rings. The van der Waals surface area contributed by atoms with E-state index in [9.17, 15) is 20.1 Å². The number of hydrogen-bond donors (Lipinski definition) is 3. The number of rotatable bonds is 11. The van der Waals surface area contributed by atoms with Crippen LogP contribution in [0.5, 0.6) is 17.2 Å². The molecular weight excluding hydrogens is 360 g/mol. The van der Waals surface area contributed by atoms with Crippen molar-refractivity contribution in [2.24, 2.45) is 0 Å².